The van der Waals surface area contributed by atoms with E-state index in [1.54, 1.807) is 26.8 Å². The highest BCUT2D eigenvalue weighted by Crippen LogP contribution is 2.36. The Morgan fingerprint density at radius 2 is 2.29 bits per heavy atom. The number of carbonyl (C=O) groups is 1. The van der Waals surface area contributed by atoms with E-state index >= 15 is 0 Å². The van der Waals surface area contributed by atoms with E-state index < -0.39 is 24.0 Å². The molecule has 2 aliphatic rings. The summed E-state index contributed by atoms with van der Waals surface area (Å²) < 4.78 is 16.1. The van der Waals surface area contributed by atoms with Gasteiger partial charge in [0.15, 0.2) is 5.79 Å². The van der Waals surface area contributed by atoms with Crippen LogP contribution in [0.15, 0.2) is 11.6 Å². The van der Waals surface area contributed by atoms with E-state index in [4.69, 9.17) is 14.2 Å². The summed E-state index contributed by atoms with van der Waals surface area (Å²) in [6.45, 7) is 5.65. The van der Waals surface area contributed by atoms with Crippen molar-refractivity contribution in [2.75, 3.05) is 6.61 Å². The molecule has 0 unspecified atom stereocenters. The predicted octanol–water partition coefficient (Wildman–Crippen LogP) is 0.761. The molecule has 2 rings (SSSR count). The lowest BCUT2D eigenvalue weighted by Crippen LogP contribution is -2.39. The number of aliphatic hydroxyl groups excluding tert-OH is 1. The number of ether oxygens (including phenoxy) is 3. The smallest absolute Gasteiger partial charge is 0.333 e. The van der Waals surface area contributed by atoms with Crippen molar-refractivity contribution in [2.45, 2.75) is 51.3 Å². The van der Waals surface area contributed by atoms with Crippen LogP contribution in [0.25, 0.3) is 0 Å². The topological polar surface area (TPSA) is 65.0 Å². The minimum Gasteiger partial charge on any atom is -0.463 e. The molecule has 0 spiro atoms. The number of hydrogen-bond donors (Lipinski definition) is 1. The maximum atomic E-state index is 11.6. The molecular formula is C12H18O5. The fourth-order valence-corrected chi connectivity index (χ4v) is 2.23. The van der Waals surface area contributed by atoms with E-state index in [1.807, 2.05) is 0 Å². The fraction of sp³-hybridized carbons (Fsp3) is 0.750. The third kappa shape index (κ3) is 2.51. The van der Waals surface area contributed by atoms with Crippen LogP contribution >= 0.6 is 0 Å². The van der Waals surface area contributed by atoms with Crippen LogP contribution in [0, 0.1) is 0 Å². The van der Waals surface area contributed by atoms with Gasteiger partial charge in [0.2, 0.25) is 0 Å². The van der Waals surface area contributed by atoms with Gasteiger partial charge in [0.05, 0.1) is 12.7 Å². The summed E-state index contributed by atoms with van der Waals surface area (Å²) in [6.07, 6.45) is 0.436. The Hall–Kier alpha value is -0.910. The van der Waals surface area contributed by atoms with E-state index in [-0.39, 0.29) is 12.5 Å². The Morgan fingerprint density at radius 1 is 1.59 bits per heavy atom. The van der Waals surface area contributed by atoms with E-state index in [2.05, 4.69) is 0 Å². The number of rotatable bonds is 2. The number of carbonyl (C=O) groups excluding carboxylic acids is 1. The minimum atomic E-state index is -0.730. The van der Waals surface area contributed by atoms with Gasteiger partial charge in [-0.25, -0.2) is 4.79 Å². The molecule has 5 heteroatoms. The van der Waals surface area contributed by atoms with Crippen molar-refractivity contribution in [2.24, 2.45) is 0 Å². The zero-order valence-corrected chi connectivity index (χ0v) is 10.3. The number of aliphatic hydroxyl groups is 1. The average molecular weight is 244 g/mol. The number of fused-ring (bicyclic) bond motifs is 1. The maximum Gasteiger partial charge on any atom is 0.333 e. The van der Waals surface area contributed by atoms with Gasteiger partial charge in [-0.2, -0.15) is 0 Å². The second-order valence-electron chi connectivity index (χ2n) is 4.75. The van der Waals surface area contributed by atoms with Gasteiger partial charge in [0.1, 0.15) is 12.2 Å². The van der Waals surface area contributed by atoms with E-state index in [9.17, 15) is 9.90 Å². The highest BCUT2D eigenvalue weighted by Gasteiger charge is 2.47. The molecule has 0 aromatic rings. The molecular weight excluding hydrogens is 226 g/mol. The van der Waals surface area contributed by atoms with Gasteiger partial charge in [0, 0.05) is 12.0 Å². The van der Waals surface area contributed by atoms with E-state index in [0.29, 0.717) is 12.2 Å². The Balaban J connectivity index is 2.15. The summed E-state index contributed by atoms with van der Waals surface area (Å²) in [5.41, 5.74) is 0.460. The van der Waals surface area contributed by atoms with Gasteiger partial charge >= 0.3 is 5.97 Å². The van der Waals surface area contributed by atoms with Crippen molar-refractivity contribution in [3.63, 3.8) is 0 Å². The van der Waals surface area contributed by atoms with Crippen LogP contribution in [0.4, 0.5) is 0 Å². The molecule has 0 bridgehead atoms. The van der Waals surface area contributed by atoms with Gasteiger partial charge in [-0.05, 0) is 26.8 Å². The molecule has 17 heavy (non-hydrogen) atoms. The van der Waals surface area contributed by atoms with Gasteiger partial charge in [-0.3, -0.25) is 0 Å². The standard InChI is InChI=1S/C12H18O5/c1-4-15-11(14)7-5-8(13)10-9(6-7)16-12(2,3)17-10/h6,8-10,13H,4-5H2,1-3H3/t8-,9-,10+/m1/s1/i7+1,11+1. The molecule has 0 saturated carbocycles. The van der Waals surface area contributed by atoms with Crippen molar-refractivity contribution in [3.8, 4) is 0 Å². The Kier molecular flexibility index (Phi) is 3.25. The Morgan fingerprint density at radius 3 is 2.94 bits per heavy atom. The third-order valence-electron chi connectivity index (χ3n) is 2.87. The lowest BCUT2D eigenvalue weighted by Gasteiger charge is -2.26. The molecule has 0 radical (unpaired) electrons. The molecule has 1 heterocycles. The molecule has 1 N–H and O–H groups in total. The molecule has 0 aromatic heterocycles. The average Bonchev–Trinajstić information content (AvgIpc) is 2.53. The molecule has 3 atom stereocenters. The molecule has 1 fully saturated rings. The fourth-order valence-electron chi connectivity index (χ4n) is 2.23. The quantitative estimate of drug-likeness (QED) is 0.574. The molecule has 5 nitrogen and oxygen atoms in total. The maximum absolute atomic E-state index is 11.6. The van der Waals surface area contributed by atoms with E-state index in [1.165, 1.54) is 0 Å². The van der Waals surface area contributed by atoms with Gasteiger partial charge in [0.25, 0.3) is 0 Å². The summed E-state index contributed by atoms with van der Waals surface area (Å²) in [7, 11) is 0. The zero-order chi connectivity index (χ0) is 12.6. The first-order valence-electron chi connectivity index (χ1n) is 5.84. The van der Waals surface area contributed by atoms with Gasteiger partial charge < -0.3 is 19.3 Å². The normalized spacial score (nSPS) is 35.1. The van der Waals surface area contributed by atoms with Crippen LogP contribution in [-0.4, -0.2) is 41.8 Å². The van der Waals surface area contributed by atoms with Crippen LogP contribution in [0.5, 0.6) is 0 Å². The summed E-state index contributed by atoms with van der Waals surface area (Å²) in [5, 5.41) is 9.95. The van der Waals surface area contributed by atoms with Crippen LogP contribution in [0.2, 0.25) is 0 Å². The first kappa shape index (κ1) is 12.5. The Bertz CT molecular complexity index is 347. The lowest BCUT2D eigenvalue weighted by atomic mass is 10.0. The largest absolute Gasteiger partial charge is 0.463 e. The van der Waals surface area contributed by atoms with Crippen molar-refractivity contribution in [1.82, 2.24) is 0 Å². The van der Waals surface area contributed by atoms with Crippen molar-refractivity contribution < 1.29 is 24.1 Å². The Labute approximate surface area is 100 Å². The van der Waals surface area contributed by atoms with Crippen LogP contribution in [0.1, 0.15) is 27.2 Å². The molecule has 1 aliphatic heterocycles. The molecule has 96 valence electrons. The zero-order valence-electron chi connectivity index (χ0n) is 10.3. The second kappa shape index (κ2) is 4.40. The van der Waals surface area contributed by atoms with Crippen molar-refractivity contribution in [1.29, 1.82) is 0 Å². The van der Waals surface area contributed by atoms with Crippen molar-refractivity contribution in [3.05, 3.63) is 11.6 Å². The predicted molar refractivity (Wildman–Crippen MR) is 59.2 cm³/mol. The summed E-state index contributed by atoms with van der Waals surface area (Å²) >= 11 is 0. The first-order chi connectivity index (χ1) is 7.93. The monoisotopic (exact) mass is 244 g/mol. The molecule has 0 amide bonds. The van der Waals surface area contributed by atoms with Gasteiger partial charge in [-0.1, -0.05) is 0 Å². The summed E-state index contributed by atoms with van der Waals surface area (Å²) in [5.74, 6) is -1.12. The van der Waals surface area contributed by atoms with Gasteiger partial charge in [-0.15, -0.1) is 0 Å². The number of hydrogen-bond acceptors (Lipinski definition) is 5. The van der Waals surface area contributed by atoms with Crippen molar-refractivity contribution >= 4 is 5.97 Å². The van der Waals surface area contributed by atoms with Crippen LogP contribution in [-0.2, 0) is 19.0 Å². The molecule has 0 aromatic carbocycles. The second-order valence-corrected chi connectivity index (χ2v) is 4.75. The highest BCUT2D eigenvalue weighted by atomic mass is 16.8. The van der Waals surface area contributed by atoms with E-state index in [0.717, 1.165) is 0 Å². The first-order valence-corrected chi connectivity index (χ1v) is 5.84. The SMILES string of the molecule is CCO[13C](=O)[13C]1=C[C@H]2OC(C)(C)O[C@H]2[C@H](O)C1. The molecule has 1 saturated heterocycles. The summed E-state index contributed by atoms with van der Waals surface area (Å²) in [6, 6.07) is 0. The minimum absolute atomic E-state index is 0.249. The lowest BCUT2D eigenvalue weighted by molar-refractivity contribution is -0.152. The summed E-state index contributed by atoms with van der Waals surface area (Å²) in [4.78, 5) is 11.6. The van der Waals surface area contributed by atoms with Crippen LogP contribution < -0.4 is 0 Å². The number of esters is 1. The highest BCUT2D eigenvalue weighted by molar-refractivity contribution is 5.88. The van der Waals surface area contributed by atoms with Crippen LogP contribution in [0.3, 0.4) is 0 Å². The third-order valence-corrected chi connectivity index (χ3v) is 2.87. The molecule has 1 aliphatic carbocycles.